The van der Waals surface area contributed by atoms with Crippen LogP contribution in [0.4, 0.5) is 5.69 Å². The number of anilines is 1. The first-order valence-corrected chi connectivity index (χ1v) is 9.32. The van der Waals surface area contributed by atoms with Gasteiger partial charge in [-0.25, -0.2) is 4.90 Å². The molecule has 6 heteroatoms. The van der Waals surface area contributed by atoms with Gasteiger partial charge in [0, 0.05) is 16.6 Å². The molecule has 1 unspecified atom stereocenters. The molecule has 0 saturated carbocycles. The van der Waals surface area contributed by atoms with Crippen molar-refractivity contribution >= 4 is 39.3 Å². The van der Waals surface area contributed by atoms with Gasteiger partial charge in [-0.15, -0.1) is 6.58 Å². The largest absolute Gasteiger partial charge is 0.322 e. The van der Waals surface area contributed by atoms with Crippen molar-refractivity contribution in [1.82, 2.24) is 4.90 Å². The van der Waals surface area contributed by atoms with E-state index in [2.05, 4.69) is 22.5 Å². The van der Waals surface area contributed by atoms with E-state index in [4.69, 9.17) is 0 Å². The maximum absolute atomic E-state index is 13.0. The molecule has 2 aromatic carbocycles. The van der Waals surface area contributed by atoms with E-state index in [0.29, 0.717) is 11.3 Å². The first-order chi connectivity index (χ1) is 12.9. The molecule has 138 valence electrons. The Morgan fingerprint density at radius 1 is 1.26 bits per heavy atom. The zero-order valence-corrected chi connectivity index (χ0v) is 16.5. The number of hydrogen-bond donors (Lipinski definition) is 0. The number of nitrogens with zero attached hydrogens (tertiary/aromatic N) is 2. The van der Waals surface area contributed by atoms with Crippen LogP contribution in [-0.4, -0.2) is 35.2 Å². The summed E-state index contributed by atoms with van der Waals surface area (Å²) in [5, 5.41) is 0. The second-order valence-corrected chi connectivity index (χ2v) is 7.30. The number of halogens is 1. The van der Waals surface area contributed by atoms with Crippen molar-refractivity contribution in [2.24, 2.45) is 0 Å². The minimum absolute atomic E-state index is 0.0414. The molecule has 0 aromatic heterocycles. The number of carbonyl (C=O) groups is 3. The minimum atomic E-state index is -0.841. The highest BCUT2D eigenvalue weighted by atomic mass is 79.9. The van der Waals surface area contributed by atoms with Crippen molar-refractivity contribution in [2.45, 2.75) is 19.4 Å². The predicted molar refractivity (Wildman–Crippen MR) is 107 cm³/mol. The van der Waals surface area contributed by atoms with Gasteiger partial charge in [0.2, 0.25) is 5.91 Å². The Morgan fingerprint density at radius 3 is 2.59 bits per heavy atom. The second-order valence-electron chi connectivity index (χ2n) is 6.38. The van der Waals surface area contributed by atoms with E-state index in [1.54, 1.807) is 48.5 Å². The molecule has 3 rings (SSSR count). The summed E-state index contributed by atoms with van der Waals surface area (Å²) in [5.74, 6) is -1.01. The molecule has 1 heterocycles. The molecule has 0 bridgehead atoms. The SMILES string of the molecule is C=CCN(C(=O)c1cccc(C)c1)C1CC(=O)N(c2ccc(Br)cc2)C1=O. The molecule has 3 amide bonds. The van der Waals surface area contributed by atoms with Crippen LogP contribution >= 0.6 is 15.9 Å². The minimum Gasteiger partial charge on any atom is -0.322 e. The lowest BCUT2D eigenvalue weighted by molar-refractivity contribution is -0.122. The van der Waals surface area contributed by atoms with Gasteiger partial charge >= 0.3 is 0 Å². The van der Waals surface area contributed by atoms with Gasteiger partial charge in [0.15, 0.2) is 0 Å². The van der Waals surface area contributed by atoms with Crippen LogP contribution in [0.25, 0.3) is 0 Å². The van der Waals surface area contributed by atoms with Gasteiger partial charge in [0.25, 0.3) is 11.8 Å². The highest BCUT2D eigenvalue weighted by molar-refractivity contribution is 9.10. The summed E-state index contributed by atoms with van der Waals surface area (Å²) < 4.78 is 0.852. The fourth-order valence-electron chi connectivity index (χ4n) is 3.16. The molecule has 1 atom stereocenters. The van der Waals surface area contributed by atoms with Crippen molar-refractivity contribution in [2.75, 3.05) is 11.4 Å². The molecular weight excluding hydrogens is 408 g/mol. The van der Waals surface area contributed by atoms with Gasteiger partial charge in [0.05, 0.1) is 12.1 Å². The normalized spacial score (nSPS) is 16.5. The second kappa shape index (κ2) is 7.88. The molecule has 0 radical (unpaired) electrons. The van der Waals surface area contributed by atoms with Crippen LogP contribution in [0.1, 0.15) is 22.3 Å². The summed E-state index contributed by atoms with van der Waals surface area (Å²) in [5.41, 5.74) is 1.93. The molecular formula is C21H19BrN2O3. The number of hydrogen-bond acceptors (Lipinski definition) is 3. The van der Waals surface area contributed by atoms with Crippen LogP contribution in [0.2, 0.25) is 0 Å². The third-order valence-corrected chi connectivity index (χ3v) is 4.96. The van der Waals surface area contributed by atoms with E-state index in [9.17, 15) is 14.4 Å². The standard InChI is InChI=1S/C21H19BrN2O3/c1-3-11-23(20(26)15-6-4-5-14(2)12-15)18-13-19(25)24(21(18)27)17-9-7-16(22)8-10-17/h3-10,12,18H,1,11,13H2,2H3. The fourth-order valence-corrected chi connectivity index (χ4v) is 3.42. The number of aryl methyl sites for hydroxylation is 1. The fraction of sp³-hybridized carbons (Fsp3) is 0.190. The summed E-state index contributed by atoms with van der Waals surface area (Å²) in [4.78, 5) is 41.1. The first-order valence-electron chi connectivity index (χ1n) is 8.53. The first kappa shape index (κ1) is 19.0. The van der Waals surface area contributed by atoms with E-state index in [0.717, 1.165) is 14.9 Å². The van der Waals surface area contributed by atoms with E-state index in [1.165, 1.54) is 4.90 Å². The summed E-state index contributed by atoms with van der Waals surface area (Å²) in [6, 6.07) is 13.3. The van der Waals surface area contributed by atoms with E-state index in [1.807, 2.05) is 13.0 Å². The lowest BCUT2D eigenvalue weighted by Crippen LogP contribution is -2.45. The van der Waals surface area contributed by atoms with E-state index in [-0.39, 0.29) is 24.8 Å². The molecule has 1 saturated heterocycles. The summed E-state index contributed by atoms with van der Waals surface area (Å²) in [6.45, 7) is 5.77. The zero-order valence-electron chi connectivity index (χ0n) is 14.9. The van der Waals surface area contributed by atoms with Crippen molar-refractivity contribution < 1.29 is 14.4 Å². The van der Waals surface area contributed by atoms with E-state index < -0.39 is 11.9 Å². The van der Waals surface area contributed by atoms with Gasteiger partial charge < -0.3 is 4.90 Å². The number of amides is 3. The third-order valence-electron chi connectivity index (χ3n) is 4.44. The maximum Gasteiger partial charge on any atom is 0.257 e. The van der Waals surface area contributed by atoms with Crippen LogP contribution in [0.15, 0.2) is 65.7 Å². The average molecular weight is 427 g/mol. The van der Waals surface area contributed by atoms with Gasteiger partial charge in [-0.05, 0) is 43.3 Å². The van der Waals surface area contributed by atoms with E-state index >= 15 is 0 Å². The highest BCUT2D eigenvalue weighted by Gasteiger charge is 2.44. The molecule has 0 aliphatic carbocycles. The zero-order chi connectivity index (χ0) is 19.6. The smallest absolute Gasteiger partial charge is 0.257 e. The van der Waals surface area contributed by atoms with Gasteiger partial charge in [-0.1, -0.05) is 39.7 Å². The Balaban J connectivity index is 1.91. The Hall–Kier alpha value is -2.73. The molecule has 5 nitrogen and oxygen atoms in total. The summed E-state index contributed by atoms with van der Waals surface area (Å²) >= 11 is 3.34. The topological polar surface area (TPSA) is 57.7 Å². The highest BCUT2D eigenvalue weighted by Crippen LogP contribution is 2.27. The average Bonchev–Trinajstić information content (AvgIpc) is 2.94. The van der Waals surface area contributed by atoms with Crippen molar-refractivity contribution in [3.05, 3.63) is 76.8 Å². The van der Waals surface area contributed by atoms with Crippen LogP contribution in [0, 0.1) is 6.92 Å². The van der Waals surface area contributed by atoms with Crippen LogP contribution in [0.5, 0.6) is 0 Å². The van der Waals surface area contributed by atoms with Crippen molar-refractivity contribution in [3.63, 3.8) is 0 Å². The lowest BCUT2D eigenvalue weighted by Gasteiger charge is -2.26. The van der Waals surface area contributed by atoms with Crippen LogP contribution < -0.4 is 4.90 Å². The van der Waals surface area contributed by atoms with Gasteiger partial charge in [-0.2, -0.15) is 0 Å². The molecule has 1 fully saturated rings. The van der Waals surface area contributed by atoms with Crippen molar-refractivity contribution in [1.29, 1.82) is 0 Å². The summed E-state index contributed by atoms with van der Waals surface area (Å²) in [6.07, 6.45) is 1.52. The Labute approximate surface area is 166 Å². The predicted octanol–water partition coefficient (Wildman–Crippen LogP) is 3.72. The molecule has 27 heavy (non-hydrogen) atoms. The molecule has 2 aromatic rings. The van der Waals surface area contributed by atoms with Gasteiger partial charge in [-0.3, -0.25) is 14.4 Å². The number of carbonyl (C=O) groups excluding carboxylic acids is 3. The Morgan fingerprint density at radius 2 is 1.96 bits per heavy atom. The monoisotopic (exact) mass is 426 g/mol. The quantitative estimate of drug-likeness (QED) is 0.540. The van der Waals surface area contributed by atoms with Crippen LogP contribution in [-0.2, 0) is 9.59 Å². The van der Waals surface area contributed by atoms with Crippen LogP contribution in [0.3, 0.4) is 0 Å². The molecule has 0 spiro atoms. The molecule has 0 N–H and O–H groups in total. The molecule has 1 aliphatic rings. The Bertz CT molecular complexity index is 908. The van der Waals surface area contributed by atoms with Crippen molar-refractivity contribution in [3.8, 4) is 0 Å². The third kappa shape index (κ3) is 3.85. The summed E-state index contributed by atoms with van der Waals surface area (Å²) in [7, 11) is 0. The maximum atomic E-state index is 13.0. The lowest BCUT2D eigenvalue weighted by atomic mass is 10.1. The number of imide groups is 1. The number of rotatable bonds is 5. The Kier molecular flexibility index (Phi) is 5.56. The number of benzene rings is 2. The molecule has 1 aliphatic heterocycles. The van der Waals surface area contributed by atoms with Gasteiger partial charge in [0.1, 0.15) is 6.04 Å².